The van der Waals surface area contributed by atoms with Crippen molar-refractivity contribution in [1.82, 2.24) is 10.6 Å². The molecule has 32 heavy (non-hydrogen) atoms. The SMILES string of the molecule is Nc1cc(C(=O)NCC(O)CO)cc(N)c1-c1c(N)cc(C(=O)NCC(O)CO)cc1N. The molecule has 0 aliphatic rings. The summed E-state index contributed by atoms with van der Waals surface area (Å²) in [5.41, 5.74) is 25.7. The number of benzene rings is 2. The predicted octanol–water partition coefficient (Wildman–Crippen LogP) is -2.15. The highest BCUT2D eigenvalue weighted by Gasteiger charge is 2.20. The van der Waals surface area contributed by atoms with E-state index in [-0.39, 0.29) is 58.1 Å². The summed E-state index contributed by atoms with van der Waals surface area (Å²) in [5, 5.41) is 41.3. The summed E-state index contributed by atoms with van der Waals surface area (Å²) in [7, 11) is 0. The second kappa shape index (κ2) is 10.6. The zero-order chi connectivity index (χ0) is 24.0. The van der Waals surface area contributed by atoms with Crippen molar-refractivity contribution in [2.45, 2.75) is 12.2 Å². The number of anilines is 4. The van der Waals surface area contributed by atoms with Crippen LogP contribution in [0.15, 0.2) is 24.3 Å². The lowest BCUT2D eigenvalue weighted by atomic mass is 9.94. The van der Waals surface area contributed by atoms with Crippen molar-refractivity contribution < 1.29 is 30.0 Å². The maximum atomic E-state index is 12.3. The van der Waals surface area contributed by atoms with Crippen molar-refractivity contribution in [3.8, 4) is 11.1 Å². The summed E-state index contributed by atoms with van der Waals surface area (Å²) < 4.78 is 0. The fraction of sp³-hybridized carbons (Fsp3) is 0.300. The molecule has 174 valence electrons. The van der Waals surface area contributed by atoms with Crippen molar-refractivity contribution in [1.29, 1.82) is 0 Å². The lowest BCUT2D eigenvalue weighted by molar-refractivity contribution is 0.0799. The van der Waals surface area contributed by atoms with Crippen LogP contribution in [0.3, 0.4) is 0 Å². The molecular weight excluding hydrogens is 420 g/mol. The second-order valence-electron chi connectivity index (χ2n) is 7.15. The van der Waals surface area contributed by atoms with Gasteiger partial charge in [-0.15, -0.1) is 0 Å². The number of rotatable bonds is 9. The van der Waals surface area contributed by atoms with E-state index in [0.29, 0.717) is 0 Å². The normalized spacial score (nSPS) is 12.8. The van der Waals surface area contributed by atoms with E-state index >= 15 is 0 Å². The van der Waals surface area contributed by atoms with Gasteiger partial charge < -0.3 is 54.0 Å². The van der Waals surface area contributed by atoms with Crippen LogP contribution in [0.5, 0.6) is 0 Å². The van der Waals surface area contributed by atoms with E-state index < -0.39 is 37.2 Å². The number of carbonyl (C=O) groups excluding carboxylic acids is 2. The Morgan fingerprint density at radius 3 is 1.22 bits per heavy atom. The lowest BCUT2D eigenvalue weighted by Gasteiger charge is -2.18. The third-order valence-electron chi connectivity index (χ3n) is 4.59. The summed E-state index contributed by atoms with van der Waals surface area (Å²) in [6, 6.07) is 5.45. The van der Waals surface area contributed by atoms with Crippen molar-refractivity contribution in [2.75, 3.05) is 49.2 Å². The van der Waals surface area contributed by atoms with E-state index in [1.165, 1.54) is 24.3 Å². The molecule has 12 heteroatoms. The van der Waals surface area contributed by atoms with E-state index in [0.717, 1.165) is 0 Å². The van der Waals surface area contributed by atoms with E-state index in [1.54, 1.807) is 0 Å². The van der Waals surface area contributed by atoms with Crippen LogP contribution >= 0.6 is 0 Å². The lowest BCUT2D eigenvalue weighted by Crippen LogP contribution is -2.34. The summed E-state index contributed by atoms with van der Waals surface area (Å²) >= 11 is 0. The second-order valence-corrected chi connectivity index (χ2v) is 7.15. The standard InChI is InChI=1S/C20H28N6O6/c21-13-1-9(19(31)25-5-11(29)7-27)2-14(22)17(13)18-15(23)3-10(4-16(18)24)20(32)26-6-12(30)8-28/h1-4,11-12,27-30H,5-8,21-24H2,(H,25,31)(H,26,32). The average molecular weight is 448 g/mol. The minimum atomic E-state index is -1.10. The molecule has 2 atom stereocenters. The van der Waals surface area contributed by atoms with Crippen LogP contribution in [0.1, 0.15) is 20.7 Å². The van der Waals surface area contributed by atoms with Gasteiger partial charge in [-0.2, -0.15) is 0 Å². The molecule has 0 spiro atoms. The smallest absolute Gasteiger partial charge is 0.251 e. The topological polar surface area (TPSA) is 243 Å². The Kier molecular flexibility index (Phi) is 8.21. The van der Waals surface area contributed by atoms with Gasteiger partial charge in [-0.3, -0.25) is 9.59 Å². The number of nitrogen functional groups attached to an aromatic ring is 4. The van der Waals surface area contributed by atoms with Crippen molar-refractivity contribution >= 4 is 34.6 Å². The fourth-order valence-corrected chi connectivity index (χ4v) is 2.97. The quantitative estimate of drug-likeness (QED) is 0.186. The van der Waals surface area contributed by atoms with Crippen LogP contribution < -0.4 is 33.6 Å². The summed E-state index contributed by atoms with van der Waals surface area (Å²) in [6.07, 6.45) is -2.20. The Morgan fingerprint density at radius 2 is 0.969 bits per heavy atom. The van der Waals surface area contributed by atoms with Crippen LogP contribution in [0.4, 0.5) is 22.7 Å². The summed E-state index contributed by atoms with van der Waals surface area (Å²) in [4.78, 5) is 24.5. The van der Waals surface area contributed by atoms with Crippen molar-refractivity contribution in [3.63, 3.8) is 0 Å². The van der Waals surface area contributed by atoms with Gasteiger partial charge in [-0.25, -0.2) is 0 Å². The predicted molar refractivity (Wildman–Crippen MR) is 120 cm³/mol. The van der Waals surface area contributed by atoms with Gasteiger partial charge in [-0.1, -0.05) is 0 Å². The number of hydrogen-bond acceptors (Lipinski definition) is 10. The molecule has 0 radical (unpaired) electrons. The first-order valence-electron chi connectivity index (χ1n) is 9.61. The van der Waals surface area contributed by atoms with Crippen LogP contribution in [0.25, 0.3) is 11.1 Å². The Bertz CT molecular complexity index is 873. The van der Waals surface area contributed by atoms with Gasteiger partial charge in [0, 0.05) is 58.1 Å². The highest BCUT2D eigenvalue weighted by molar-refractivity contribution is 6.05. The first kappa shape index (κ1) is 24.7. The van der Waals surface area contributed by atoms with Crippen LogP contribution in [-0.4, -0.2) is 70.8 Å². The molecule has 2 rings (SSSR count). The molecule has 0 saturated carbocycles. The molecule has 0 saturated heterocycles. The van der Waals surface area contributed by atoms with Crippen LogP contribution in [0.2, 0.25) is 0 Å². The molecule has 0 aromatic heterocycles. The number of amides is 2. The molecule has 2 amide bonds. The van der Waals surface area contributed by atoms with Gasteiger partial charge >= 0.3 is 0 Å². The molecular formula is C20H28N6O6. The van der Waals surface area contributed by atoms with E-state index in [1.807, 2.05) is 0 Å². The third kappa shape index (κ3) is 5.76. The Hall–Kier alpha value is -3.58. The number of aliphatic hydroxyl groups is 4. The maximum absolute atomic E-state index is 12.3. The first-order valence-corrected chi connectivity index (χ1v) is 9.61. The monoisotopic (exact) mass is 448 g/mol. The molecule has 2 unspecified atom stereocenters. The van der Waals surface area contributed by atoms with E-state index in [2.05, 4.69) is 10.6 Å². The molecule has 0 aliphatic heterocycles. The number of aliphatic hydroxyl groups excluding tert-OH is 4. The van der Waals surface area contributed by atoms with E-state index in [4.69, 9.17) is 33.1 Å². The van der Waals surface area contributed by atoms with Crippen molar-refractivity contribution in [2.24, 2.45) is 0 Å². The minimum Gasteiger partial charge on any atom is -0.398 e. The Morgan fingerprint density at radius 1 is 0.688 bits per heavy atom. The third-order valence-corrected chi connectivity index (χ3v) is 4.59. The zero-order valence-electron chi connectivity index (χ0n) is 17.2. The highest BCUT2D eigenvalue weighted by atomic mass is 16.3. The Labute approximate surface area is 183 Å². The van der Waals surface area contributed by atoms with Crippen LogP contribution in [0, 0.1) is 0 Å². The zero-order valence-corrected chi connectivity index (χ0v) is 17.2. The summed E-state index contributed by atoms with van der Waals surface area (Å²) in [6.45, 7) is -1.32. The number of nitrogens with two attached hydrogens (primary N) is 4. The van der Waals surface area contributed by atoms with Gasteiger partial charge in [0.25, 0.3) is 11.8 Å². The van der Waals surface area contributed by atoms with Crippen molar-refractivity contribution in [3.05, 3.63) is 35.4 Å². The molecule has 0 heterocycles. The fourth-order valence-electron chi connectivity index (χ4n) is 2.97. The molecule has 2 aromatic carbocycles. The average Bonchev–Trinajstić information content (AvgIpc) is 2.75. The maximum Gasteiger partial charge on any atom is 0.251 e. The van der Waals surface area contributed by atoms with Gasteiger partial charge in [0.2, 0.25) is 0 Å². The molecule has 0 bridgehead atoms. The molecule has 12 nitrogen and oxygen atoms in total. The van der Waals surface area contributed by atoms with Gasteiger partial charge in [0.05, 0.1) is 25.4 Å². The molecule has 0 aliphatic carbocycles. The first-order chi connectivity index (χ1) is 15.1. The molecule has 14 N–H and O–H groups in total. The van der Waals surface area contributed by atoms with E-state index in [9.17, 15) is 19.8 Å². The Balaban J connectivity index is 2.33. The van der Waals surface area contributed by atoms with Gasteiger partial charge in [0.15, 0.2) is 0 Å². The summed E-state index contributed by atoms with van der Waals surface area (Å²) in [5.74, 6) is -1.11. The number of nitrogens with one attached hydrogen (secondary N) is 2. The number of hydrogen-bond donors (Lipinski definition) is 10. The number of carbonyl (C=O) groups is 2. The molecule has 0 fully saturated rings. The highest BCUT2D eigenvalue weighted by Crippen LogP contribution is 2.40. The van der Waals surface area contributed by atoms with Gasteiger partial charge in [0.1, 0.15) is 0 Å². The largest absolute Gasteiger partial charge is 0.398 e. The van der Waals surface area contributed by atoms with Gasteiger partial charge in [-0.05, 0) is 24.3 Å². The van der Waals surface area contributed by atoms with Crippen LogP contribution in [-0.2, 0) is 0 Å². The molecule has 2 aromatic rings. The minimum absolute atomic E-state index is 0.111.